The highest BCUT2D eigenvalue weighted by molar-refractivity contribution is 7.99. The van der Waals surface area contributed by atoms with Gasteiger partial charge in [0.2, 0.25) is 17.7 Å². The Morgan fingerprint density at radius 1 is 0.583 bits per heavy atom. The molecule has 0 aliphatic carbocycles. The Labute approximate surface area is 289 Å². The van der Waals surface area contributed by atoms with Crippen molar-refractivity contribution in [1.29, 1.82) is 0 Å². The van der Waals surface area contributed by atoms with Crippen LogP contribution in [-0.4, -0.2) is 81.9 Å². The molecule has 0 heterocycles. The monoisotopic (exact) mass is 701 g/mol. The van der Waals surface area contributed by atoms with Crippen molar-refractivity contribution in [2.24, 2.45) is 0 Å². The highest BCUT2D eigenvalue weighted by Crippen LogP contribution is 2.13. The second kappa shape index (κ2) is 29.9. The largest absolute Gasteiger partial charge is 0.481 e. The molecule has 0 aliphatic heterocycles. The number of carbonyl (C=O) groups excluding carboxylic acids is 5. The SMILES string of the molecule is CCCCCCCCCCCCCCCC(=O)OC(=O)[C@H](CCC(=O)NCC(=O)N[C@H](CCC(=O)O)C(=O)O)NC(=O)CCSCCC. The van der Waals surface area contributed by atoms with Gasteiger partial charge in [-0.05, 0) is 31.4 Å². The second-order valence-corrected chi connectivity index (χ2v) is 13.2. The van der Waals surface area contributed by atoms with Gasteiger partial charge in [-0.25, -0.2) is 9.59 Å². The van der Waals surface area contributed by atoms with E-state index in [-0.39, 0.29) is 32.1 Å². The van der Waals surface area contributed by atoms with Crippen LogP contribution in [0.1, 0.15) is 142 Å². The lowest BCUT2D eigenvalue weighted by Gasteiger charge is -2.17. The molecule has 0 bridgehead atoms. The molecule has 0 saturated heterocycles. The zero-order valence-corrected chi connectivity index (χ0v) is 29.8. The fourth-order valence-electron chi connectivity index (χ4n) is 4.76. The Hall–Kier alpha value is -3.16. The average Bonchev–Trinajstić information content (AvgIpc) is 3.04. The summed E-state index contributed by atoms with van der Waals surface area (Å²) in [6.07, 6.45) is 14.9. The first-order valence-electron chi connectivity index (χ1n) is 17.6. The van der Waals surface area contributed by atoms with Gasteiger partial charge in [0.25, 0.3) is 0 Å². The van der Waals surface area contributed by atoms with Crippen molar-refractivity contribution in [3.8, 4) is 0 Å². The standard InChI is InChI=1S/C34H59N3O10S/c1-3-5-6-7-8-9-10-11-12-13-14-15-16-17-32(43)47-34(46)27(37-29(39)22-24-48-23-4-2)18-20-28(38)35-25-30(40)36-26(33(44)45)19-21-31(41)42/h26-27H,3-25H2,1-2H3,(H,35,38)(H,36,40)(H,37,39)(H,41,42)(H,44,45)/t26-,27+/m1/s1. The summed E-state index contributed by atoms with van der Waals surface area (Å²) in [5.41, 5.74) is 0. The third kappa shape index (κ3) is 26.9. The number of hydrogen-bond donors (Lipinski definition) is 5. The fraction of sp³-hybridized carbons (Fsp3) is 0.794. The Kier molecular flexibility index (Phi) is 28.0. The third-order valence-electron chi connectivity index (χ3n) is 7.53. The van der Waals surface area contributed by atoms with Crippen LogP contribution in [0.2, 0.25) is 0 Å². The number of esters is 2. The Morgan fingerprint density at radius 2 is 1.12 bits per heavy atom. The molecule has 0 aliphatic rings. The van der Waals surface area contributed by atoms with Crippen molar-refractivity contribution in [1.82, 2.24) is 16.0 Å². The van der Waals surface area contributed by atoms with E-state index in [4.69, 9.17) is 14.9 Å². The van der Waals surface area contributed by atoms with Gasteiger partial charge in [0.05, 0.1) is 6.54 Å². The maximum absolute atomic E-state index is 12.8. The highest BCUT2D eigenvalue weighted by Gasteiger charge is 2.26. The lowest BCUT2D eigenvalue weighted by Crippen LogP contribution is -2.46. The molecule has 0 aromatic heterocycles. The van der Waals surface area contributed by atoms with Crippen LogP contribution in [0.3, 0.4) is 0 Å². The zero-order chi connectivity index (χ0) is 36.0. The van der Waals surface area contributed by atoms with E-state index in [1.54, 1.807) is 11.8 Å². The molecule has 0 rings (SSSR count). The molecule has 0 unspecified atom stereocenters. The van der Waals surface area contributed by atoms with Crippen LogP contribution in [0.4, 0.5) is 0 Å². The van der Waals surface area contributed by atoms with Crippen molar-refractivity contribution in [3.05, 3.63) is 0 Å². The van der Waals surface area contributed by atoms with Gasteiger partial charge in [0, 0.05) is 31.4 Å². The number of thioether (sulfide) groups is 1. The van der Waals surface area contributed by atoms with Gasteiger partial charge in [-0.2, -0.15) is 11.8 Å². The molecule has 0 fully saturated rings. The summed E-state index contributed by atoms with van der Waals surface area (Å²) in [6, 6.07) is -2.69. The lowest BCUT2D eigenvalue weighted by atomic mass is 10.0. The van der Waals surface area contributed by atoms with Crippen LogP contribution in [0.15, 0.2) is 0 Å². The van der Waals surface area contributed by atoms with Crippen LogP contribution in [0.5, 0.6) is 0 Å². The molecule has 276 valence electrons. The molecule has 0 radical (unpaired) electrons. The van der Waals surface area contributed by atoms with Crippen molar-refractivity contribution in [3.63, 3.8) is 0 Å². The average molecular weight is 702 g/mol. The predicted octanol–water partition coefficient (Wildman–Crippen LogP) is 4.89. The second-order valence-electron chi connectivity index (χ2n) is 12.0. The normalized spacial score (nSPS) is 12.0. The summed E-state index contributed by atoms with van der Waals surface area (Å²) in [6.45, 7) is 3.66. The van der Waals surface area contributed by atoms with Crippen LogP contribution in [-0.2, 0) is 38.3 Å². The van der Waals surface area contributed by atoms with Crippen molar-refractivity contribution >= 4 is 53.4 Å². The molecule has 2 atom stereocenters. The Balaban J connectivity index is 4.65. The van der Waals surface area contributed by atoms with Gasteiger partial charge >= 0.3 is 23.9 Å². The van der Waals surface area contributed by atoms with Gasteiger partial charge in [-0.3, -0.25) is 24.0 Å². The van der Waals surface area contributed by atoms with Crippen molar-refractivity contribution < 1.29 is 48.5 Å². The first kappa shape index (κ1) is 44.8. The van der Waals surface area contributed by atoms with Crippen LogP contribution < -0.4 is 16.0 Å². The molecule has 0 spiro atoms. The molecule has 5 N–H and O–H groups in total. The van der Waals surface area contributed by atoms with Gasteiger partial charge < -0.3 is 30.9 Å². The topological polar surface area (TPSA) is 205 Å². The van der Waals surface area contributed by atoms with Crippen molar-refractivity contribution in [2.45, 2.75) is 154 Å². The maximum Gasteiger partial charge on any atom is 0.336 e. The number of hydrogen-bond acceptors (Lipinski definition) is 9. The van der Waals surface area contributed by atoms with Gasteiger partial charge in [-0.1, -0.05) is 90.9 Å². The minimum absolute atomic E-state index is 0.0667. The number of amides is 3. The van der Waals surface area contributed by atoms with E-state index in [9.17, 15) is 33.6 Å². The molecule has 3 amide bonds. The minimum atomic E-state index is -1.44. The molecule has 0 saturated carbocycles. The fourth-order valence-corrected chi connectivity index (χ4v) is 5.58. The Morgan fingerprint density at radius 3 is 1.67 bits per heavy atom. The van der Waals surface area contributed by atoms with E-state index in [1.807, 2.05) is 6.92 Å². The summed E-state index contributed by atoms with van der Waals surface area (Å²) < 4.78 is 5.01. The first-order valence-corrected chi connectivity index (χ1v) is 18.8. The molecule has 0 aromatic carbocycles. The lowest BCUT2D eigenvalue weighted by molar-refractivity contribution is -0.162. The van der Waals surface area contributed by atoms with E-state index >= 15 is 0 Å². The predicted molar refractivity (Wildman–Crippen MR) is 184 cm³/mol. The molecule has 14 heteroatoms. The molecule has 13 nitrogen and oxygen atoms in total. The number of carbonyl (C=O) groups is 7. The van der Waals surface area contributed by atoms with Crippen molar-refractivity contribution in [2.75, 3.05) is 18.1 Å². The number of rotatable bonds is 31. The van der Waals surface area contributed by atoms with Crippen LogP contribution >= 0.6 is 11.8 Å². The summed E-state index contributed by atoms with van der Waals surface area (Å²) >= 11 is 1.59. The zero-order valence-electron chi connectivity index (χ0n) is 29.0. The number of ether oxygens (including phenoxy) is 1. The van der Waals surface area contributed by atoms with Crippen LogP contribution in [0, 0.1) is 0 Å². The van der Waals surface area contributed by atoms with Gasteiger partial charge in [0.1, 0.15) is 12.1 Å². The molecule has 0 aromatic rings. The minimum Gasteiger partial charge on any atom is -0.481 e. The number of carboxylic acid groups (broad SMARTS) is 2. The van der Waals surface area contributed by atoms with E-state index in [0.29, 0.717) is 12.2 Å². The van der Waals surface area contributed by atoms with Gasteiger partial charge in [-0.15, -0.1) is 0 Å². The molecule has 48 heavy (non-hydrogen) atoms. The van der Waals surface area contributed by atoms with E-state index in [0.717, 1.165) is 31.4 Å². The quantitative estimate of drug-likeness (QED) is 0.0374. The van der Waals surface area contributed by atoms with E-state index < -0.39 is 66.6 Å². The smallest absolute Gasteiger partial charge is 0.336 e. The van der Waals surface area contributed by atoms with E-state index in [1.165, 1.54) is 57.8 Å². The van der Waals surface area contributed by atoms with E-state index in [2.05, 4.69) is 22.9 Å². The number of unbranched alkanes of at least 4 members (excludes halogenated alkanes) is 12. The number of nitrogens with one attached hydrogen (secondary N) is 3. The Bertz CT molecular complexity index is 979. The van der Waals surface area contributed by atoms with Crippen LogP contribution in [0.25, 0.3) is 0 Å². The number of aliphatic carboxylic acids is 2. The molecular weight excluding hydrogens is 642 g/mol. The summed E-state index contributed by atoms with van der Waals surface area (Å²) in [4.78, 5) is 84.1. The number of carboxylic acids is 2. The first-order chi connectivity index (χ1) is 23.0. The summed E-state index contributed by atoms with van der Waals surface area (Å²) in [5, 5.41) is 24.9. The van der Waals surface area contributed by atoms with Gasteiger partial charge in [0.15, 0.2) is 0 Å². The highest BCUT2D eigenvalue weighted by atomic mass is 32.2. The molecular formula is C34H59N3O10S. The maximum atomic E-state index is 12.8. The summed E-state index contributed by atoms with van der Waals surface area (Å²) in [7, 11) is 0. The summed E-state index contributed by atoms with van der Waals surface area (Å²) in [5.74, 6) is -4.79. The third-order valence-corrected chi connectivity index (χ3v) is 8.72.